The van der Waals surface area contributed by atoms with Crippen LogP contribution in [0.5, 0.6) is 0 Å². The summed E-state index contributed by atoms with van der Waals surface area (Å²) in [4.78, 5) is 23.8. The number of pyridine rings is 1. The van der Waals surface area contributed by atoms with Gasteiger partial charge in [0.2, 0.25) is 5.91 Å². The third kappa shape index (κ3) is 5.22. The second-order valence-corrected chi connectivity index (χ2v) is 8.64. The monoisotopic (exact) mass is 426 g/mol. The van der Waals surface area contributed by atoms with Crippen LogP contribution in [0.1, 0.15) is 41.6 Å². The molecule has 0 radical (unpaired) electrons. The summed E-state index contributed by atoms with van der Waals surface area (Å²) in [6.07, 6.45) is 2.10. The Labute approximate surface area is 179 Å². The predicted molar refractivity (Wildman–Crippen MR) is 117 cm³/mol. The first-order valence-corrected chi connectivity index (χ1v) is 11.0. The molecule has 0 spiro atoms. The van der Waals surface area contributed by atoms with E-state index in [1.165, 1.54) is 0 Å². The number of nitrogens with one attached hydrogen (secondary N) is 2. The fourth-order valence-electron chi connectivity index (χ4n) is 3.76. The molecule has 3 aromatic heterocycles. The highest BCUT2D eigenvalue weighted by molar-refractivity contribution is 7.13. The molecule has 0 unspecified atom stereocenters. The first-order valence-electron chi connectivity index (χ1n) is 10.1. The smallest absolute Gasteiger partial charge is 0.239 e. The zero-order valence-electron chi connectivity index (χ0n) is 17.4. The highest BCUT2D eigenvalue weighted by Gasteiger charge is 2.24. The molecular weight excluding hydrogens is 400 g/mol. The number of rotatable bonds is 6. The Kier molecular flexibility index (Phi) is 6.10. The predicted octanol–water partition coefficient (Wildman–Crippen LogP) is 4.01. The molecule has 4 rings (SSSR count). The average Bonchev–Trinajstić information content (AvgIpc) is 3.29. The van der Waals surface area contributed by atoms with E-state index in [0.717, 1.165) is 53.8 Å². The van der Waals surface area contributed by atoms with Gasteiger partial charge >= 0.3 is 0 Å². The number of anilines is 3. The molecule has 3 aromatic rings. The van der Waals surface area contributed by atoms with Crippen LogP contribution >= 0.6 is 11.3 Å². The highest BCUT2D eigenvalue weighted by atomic mass is 32.1. The molecule has 1 fully saturated rings. The van der Waals surface area contributed by atoms with Gasteiger partial charge in [-0.1, -0.05) is 5.16 Å². The molecule has 1 atom stereocenters. The van der Waals surface area contributed by atoms with E-state index in [1.807, 2.05) is 25.3 Å². The van der Waals surface area contributed by atoms with Crippen molar-refractivity contribution in [1.82, 2.24) is 20.0 Å². The molecule has 0 aromatic carbocycles. The summed E-state index contributed by atoms with van der Waals surface area (Å²) < 4.78 is 5.00. The van der Waals surface area contributed by atoms with Crippen LogP contribution in [0.25, 0.3) is 0 Å². The molecule has 2 N–H and O–H groups in total. The molecule has 4 heterocycles. The number of aromatic nitrogens is 3. The zero-order chi connectivity index (χ0) is 21.1. The van der Waals surface area contributed by atoms with Crippen LogP contribution in [0.3, 0.4) is 0 Å². The lowest BCUT2D eigenvalue weighted by Gasteiger charge is -2.32. The second-order valence-electron chi connectivity index (χ2n) is 7.79. The maximum absolute atomic E-state index is 12.4. The van der Waals surface area contributed by atoms with Crippen molar-refractivity contribution in [3.63, 3.8) is 0 Å². The van der Waals surface area contributed by atoms with Crippen molar-refractivity contribution < 1.29 is 9.32 Å². The van der Waals surface area contributed by atoms with Crippen LogP contribution in [0.4, 0.5) is 16.6 Å². The lowest BCUT2D eigenvalue weighted by molar-refractivity contribution is -0.117. The van der Waals surface area contributed by atoms with Crippen molar-refractivity contribution in [3.8, 4) is 0 Å². The SMILES string of the molecule is Cc1cc(Nc2nc(C)cs2)cc([C@H]2CCCN(CC(=O)Nc3cc(C)on3)C2)n1. The van der Waals surface area contributed by atoms with E-state index in [0.29, 0.717) is 24.0 Å². The Balaban J connectivity index is 1.40. The molecule has 0 bridgehead atoms. The van der Waals surface area contributed by atoms with Crippen LogP contribution in [0.15, 0.2) is 28.1 Å². The molecule has 30 heavy (non-hydrogen) atoms. The molecular formula is C21H26N6O2S. The normalized spacial score (nSPS) is 17.1. The average molecular weight is 427 g/mol. The van der Waals surface area contributed by atoms with E-state index < -0.39 is 0 Å². The van der Waals surface area contributed by atoms with Gasteiger partial charge in [-0.15, -0.1) is 11.3 Å². The van der Waals surface area contributed by atoms with E-state index in [4.69, 9.17) is 9.51 Å². The Hall–Kier alpha value is -2.78. The maximum Gasteiger partial charge on any atom is 0.239 e. The first kappa shape index (κ1) is 20.5. The van der Waals surface area contributed by atoms with E-state index in [-0.39, 0.29) is 5.91 Å². The number of hydrogen-bond acceptors (Lipinski definition) is 8. The van der Waals surface area contributed by atoms with Gasteiger partial charge in [-0.2, -0.15) is 0 Å². The minimum atomic E-state index is -0.0809. The number of likely N-dealkylation sites (tertiary alicyclic amines) is 1. The third-order valence-electron chi connectivity index (χ3n) is 5.03. The molecule has 1 saturated heterocycles. The van der Waals surface area contributed by atoms with Crippen LogP contribution < -0.4 is 10.6 Å². The molecule has 8 nitrogen and oxygen atoms in total. The van der Waals surface area contributed by atoms with Gasteiger partial charge in [0.25, 0.3) is 0 Å². The van der Waals surface area contributed by atoms with E-state index in [1.54, 1.807) is 24.3 Å². The number of nitrogens with zero attached hydrogens (tertiary/aromatic N) is 4. The Bertz CT molecular complexity index is 1030. The van der Waals surface area contributed by atoms with Crippen molar-refractivity contribution in [1.29, 1.82) is 0 Å². The van der Waals surface area contributed by atoms with E-state index in [9.17, 15) is 4.79 Å². The molecule has 0 aliphatic carbocycles. The Morgan fingerprint density at radius 1 is 1.23 bits per heavy atom. The van der Waals surface area contributed by atoms with Gasteiger partial charge in [0, 0.05) is 41.0 Å². The van der Waals surface area contributed by atoms with Gasteiger partial charge in [0.05, 0.1) is 12.2 Å². The van der Waals surface area contributed by atoms with Gasteiger partial charge in [-0.05, 0) is 52.3 Å². The lowest BCUT2D eigenvalue weighted by Crippen LogP contribution is -2.40. The number of aryl methyl sites for hydroxylation is 3. The standard InChI is InChI=1S/C21H26N6O2S/c1-13-7-17(24-21-23-14(2)12-30-21)9-18(22-13)16-5-4-6-27(10-16)11-20(28)25-19-8-15(3)29-26-19/h7-9,12,16H,4-6,10-11H2,1-3H3,(H,22,23,24)(H,25,26,28)/t16-/m0/s1. The van der Waals surface area contributed by atoms with Crippen molar-refractivity contribution in [2.45, 2.75) is 39.5 Å². The Morgan fingerprint density at radius 2 is 2.10 bits per heavy atom. The van der Waals surface area contributed by atoms with Gasteiger partial charge in [0.1, 0.15) is 5.76 Å². The van der Waals surface area contributed by atoms with Gasteiger partial charge in [-0.25, -0.2) is 4.98 Å². The number of amides is 1. The van der Waals surface area contributed by atoms with Crippen molar-refractivity contribution in [2.75, 3.05) is 30.3 Å². The number of piperidine rings is 1. The quantitative estimate of drug-likeness (QED) is 0.615. The van der Waals surface area contributed by atoms with Gasteiger partial charge in [0.15, 0.2) is 10.9 Å². The summed E-state index contributed by atoms with van der Waals surface area (Å²) in [6, 6.07) is 5.86. The molecule has 1 aliphatic rings. The molecule has 158 valence electrons. The molecule has 0 saturated carbocycles. The minimum Gasteiger partial charge on any atom is -0.360 e. The number of hydrogen-bond donors (Lipinski definition) is 2. The van der Waals surface area contributed by atoms with Crippen molar-refractivity contribution in [3.05, 3.63) is 46.4 Å². The molecule has 1 amide bonds. The summed E-state index contributed by atoms with van der Waals surface area (Å²) in [7, 11) is 0. The lowest BCUT2D eigenvalue weighted by atomic mass is 9.93. The maximum atomic E-state index is 12.4. The van der Waals surface area contributed by atoms with Crippen LogP contribution in [0, 0.1) is 20.8 Å². The van der Waals surface area contributed by atoms with Gasteiger partial charge < -0.3 is 15.2 Å². The van der Waals surface area contributed by atoms with Crippen molar-refractivity contribution in [2.24, 2.45) is 0 Å². The Morgan fingerprint density at radius 3 is 2.83 bits per heavy atom. The summed E-state index contributed by atoms with van der Waals surface area (Å²) in [6.45, 7) is 7.83. The number of carbonyl (C=O) groups excluding carboxylic acids is 1. The minimum absolute atomic E-state index is 0.0809. The van der Waals surface area contributed by atoms with Crippen molar-refractivity contribution >= 4 is 33.9 Å². The second kappa shape index (κ2) is 8.93. The summed E-state index contributed by atoms with van der Waals surface area (Å²) in [5.74, 6) is 1.34. The topological polar surface area (TPSA) is 96.2 Å². The number of carbonyl (C=O) groups is 1. The molecule has 9 heteroatoms. The summed E-state index contributed by atoms with van der Waals surface area (Å²) >= 11 is 1.59. The fourth-order valence-corrected chi connectivity index (χ4v) is 4.47. The van der Waals surface area contributed by atoms with E-state index in [2.05, 4.69) is 31.7 Å². The first-order chi connectivity index (χ1) is 14.4. The molecule has 1 aliphatic heterocycles. The van der Waals surface area contributed by atoms with Crippen LogP contribution in [-0.2, 0) is 4.79 Å². The fraction of sp³-hybridized carbons (Fsp3) is 0.429. The van der Waals surface area contributed by atoms with Crippen LogP contribution in [-0.4, -0.2) is 45.6 Å². The number of thiazole rings is 1. The van der Waals surface area contributed by atoms with E-state index >= 15 is 0 Å². The summed E-state index contributed by atoms with van der Waals surface area (Å²) in [5, 5.41) is 12.9. The largest absolute Gasteiger partial charge is 0.360 e. The summed E-state index contributed by atoms with van der Waals surface area (Å²) in [5.41, 5.74) is 4.04. The zero-order valence-corrected chi connectivity index (χ0v) is 18.3. The van der Waals surface area contributed by atoms with Gasteiger partial charge in [-0.3, -0.25) is 14.7 Å². The third-order valence-corrected chi connectivity index (χ3v) is 5.91. The highest BCUT2D eigenvalue weighted by Crippen LogP contribution is 2.29. The van der Waals surface area contributed by atoms with Crippen LogP contribution in [0.2, 0.25) is 0 Å².